The van der Waals surface area contributed by atoms with Crippen LogP contribution in [0.1, 0.15) is 12.0 Å². The van der Waals surface area contributed by atoms with Gasteiger partial charge in [0.05, 0.1) is 12.1 Å². The van der Waals surface area contributed by atoms with Crippen LogP contribution in [0.15, 0.2) is 24.8 Å². The van der Waals surface area contributed by atoms with E-state index in [2.05, 4.69) is 11.9 Å². The first kappa shape index (κ1) is 15.8. The normalized spacial score (nSPS) is 10.3. The number of ether oxygens (including phenoxy) is 2. The van der Waals surface area contributed by atoms with Gasteiger partial charge < -0.3 is 19.9 Å². The van der Waals surface area contributed by atoms with Gasteiger partial charge in [0, 0.05) is 13.2 Å². The zero-order valence-corrected chi connectivity index (χ0v) is 11.9. The van der Waals surface area contributed by atoms with Crippen molar-refractivity contribution >= 4 is 11.6 Å². The highest BCUT2D eigenvalue weighted by Gasteiger charge is 2.11. The third-order valence-corrected chi connectivity index (χ3v) is 2.76. The maximum absolute atomic E-state index is 8.70. The van der Waals surface area contributed by atoms with Crippen molar-refractivity contribution in [1.29, 1.82) is 0 Å². The minimum absolute atomic E-state index is 0.186. The average molecular weight is 286 g/mol. The SMILES string of the molecule is C=CCOc1c(Cl)cc(CNCCCO)cc1OC. The first-order valence-electron chi connectivity index (χ1n) is 6.14. The summed E-state index contributed by atoms with van der Waals surface area (Å²) in [4.78, 5) is 0. The molecule has 0 atom stereocenters. The van der Waals surface area contributed by atoms with Crippen LogP contribution in [0.5, 0.6) is 11.5 Å². The Morgan fingerprint density at radius 3 is 2.89 bits per heavy atom. The van der Waals surface area contributed by atoms with Gasteiger partial charge in [-0.3, -0.25) is 0 Å². The van der Waals surface area contributed by atoms with Gasteiger partial charge in [-0.2, -0.15) is 0 Å². The molecule has 0 aromatic heterocycles. The van der Waals surface area contributed by atoms with Crippen molar-refractivity contribution < 1.29 is 14.6 Å². The minimum atomic E-state index is 0.186. The number of rotatable bonds is 9. The summed E-state index contributed by atoms with van der Waals surface area (Å²) in [5.41, 5.74) is 1.01. The van der Waals surface area contributed by atoms with Gasteiger partial charge in [-0.15, -0.1) is 0 Å². The molecule has 1 aromatic rings. The lowest BCUT2D eigenvalue weighted by Gasteiger charge is -2.13. The monoisotopic (exact) mass is 285 g/mol. The number of aliphatic hydroxyl groups is 1. The van der Waals surface area contributed by atoms with Gasteiger partial charge in [-0.25, -0.2) is 0 Å². The lowest BCUT2D eigenvalue weighted by atomic mass is 10.2. The summed E-state index contributed by atoms with van der Waals surface area (Å²) >= 11 is 6.18. The van der Waals surface area contributed by atoms with Crippen LogP contribution >= 0.6 is 11.6 Å². The summed E-state index contributed by atoms with van der Waals surface area (Å²) < 4.78 is 10.8. The molecule has 1 rings (SSSR count). The molecule has 0 unspecified atom stereocenters. The van der Waals surface area contributed by atoms with E-state index >= 15 is 0 Å². The van der Waals surface area contributed by atoms with Crippen LogP contribution in [-0.2, 0) is 6.54 Å². The number of methoxy groups -OCH3 is 1. The second-order valence-electron chi connectivity index (χ2n) is 3.96. The second kappa shape index (κ2) is 8.80. The van der Waals surface area contributed by atoms with Crippen LogP contribution in [0.2, 0.25) is 5.02 Å². The zero-order valence-electron chi connectivity index (χ0n) is 11.1. The van der Waals surface area contributed by atoms with E-state index in [-0.39, 0.29) is 6.61 Å². The van der Waals surface area contributed by atoms with E-state index in [0.717, 1.165) is 18.5 Å². The molecule has 4 nitrogen and oxygen atoms in total. The van der Waals surface area contributed by atoms with E-state index in [4.69, 9.17) is 26.2 Å². The highest BCUT2D eigenvalue weighted by molar-refractivity contribution is 6.32. The first-order valence-corrected chi connectivity index (χ1v) is 6.52. The van der Waals surface area contributed by atoms with Gasteiger partial charge in [0.1, 0.15) is 6.61 Å². The van der Waals surface area contributed by atoms with Crippen molar-refractivity contribution in [2.45, 2.75) is 13.0 Å². The van der Waals surface area contributed by atoms with E-state index in [1.807, 2.05) is 12.1 Å². The number of halogens is 1. The minimum Gasteiger partial charge on any atom is -0.493 e. The van der Waals surface area contributed by atoms with Crippen LogP contribution in [-0.4, -0.2) is 32.0 Å². The van der Waals surface area contributed by atoms with E-state index < -0.39 is 0 Å². The van der Waals surface area contributed by atoms with Gasteiger partial charge in [0.2, 0.25) is 0 Å². The van der Waals surface area contributed by atoms with Crippen molar-refractivity contribution in [2.75, 3.05) is 26.9 Å². The van der Waals surface area contributed by atoms with Gasteiger partial charge in [-0.1, -0.05) is 24.3 Å². The van der Waals surface area contributed by atoms with Gasteiger partial charge in [0.25, 0.3) is 0 Å². The molecule has 0 amide bonds. The van der Waals surface area contributed by atoms with Crippen molar-refractivity contribution in [2.24, 2.45) is 0 Å². The summed E-state index contributed by atoms with van der Waals surface area (Å²) in [5, 5.41) is 12.4. The molecule has 0 fully saturated rings. The number of aliphatic hydroxyl groups excluding tert-OH is 1. The molecular weight excluding hydrogens is 266 g/mol. The Morgan fingerprint density at radius 2 is 2.26 bits per heavy atom. The fraction of sp³-hybridized carbons (Fsp3) is 0.429. The molecule has 0 aliphatic carbocycles. The molecule has 0 aliphatic heterocycles. The molecule has 19 heavy (non-hydrogen) atoms. The fourth-order valence-corrected chi connectivity index (χ4v) is 1.88. The Bertz CT molecular complexity index is 410. The molecule has 0 radical (unpaired) electrons. The Morgan fingerprint density at radius 1 is 1.47 bits per heavy atom. The standard InChI is InChI=1S/C14H20ClNO3/c1-3-7-19-14-12(15)8-11(9-13(14)18-2)10-16-5-4-6-17/h3,8-9,16-17H,1,4-7,10H2,2H3. The van der Waals surface area contributed by atoms with Gasteiger partial charge >= 0.3 is 0 Å². The summed E-state index contributed by atoms with van der Waals surface area (Å²) in [6.45, 7) is 5.58. The summed E-state index contributed by atoms with van der Waals surface area (Å²) in [6, 6.07) is 3.73. The molecule has 0 bridgehead atoms. The van der Waals surface area contributed by atoms with Crippen LogP contribution in [0.4, 0.5) is 0 Å². The van der Waals surface area contributed by atoms with Crippen molar-refractivity contribution in [1.82, 2.24) is 5.32 Å². The fourth-order valence-electron chi connectivity index (χ4n) is 1.59. The lowest BCUT2D eigenvalue weighted by molar-refractivity contribution is 0.286. The highest BCUT2D eigenvalue weighted by Crippen LogP contribution is 2.36. The molecular formula is C14H20ClNO3. The smallest absolute Gasteiger partial charge is 0.180 e. The van der Waals surface area contributed by atoms with E-state index in [9.17, 15) is 0 Å². The van der Waals surface area contributed by atoms with Crippen molar-refractivity contribution in [3.8, 4) is 11.5 Å². The maximum Gasteiger partial charge on any atom is 0.180 e. The average Bonchev–Trinajstić information content (AvgIpc) is 2.42. The lowest BCUT2D eigenvalue weighted by Crippen LogP contribution is -2.15. The number of hydrogen-bond donors (Lipinski definition) is 2. The quantitative estimate of drug-likeness (QED) is 0.540. The molecule has 0 heterocycles. The van der Waals surface area contributed by atoms with Crippen LogP contribution in [0, 0.1) is 0 Å². The second-order valence-corrected chi connectivity index (χ2v) is 4.37. The Hall–Kier alpha value is -1.23. The first-order chi connectivity index (χ1) is 9.22. The van der Waals surface area contributed by atoms with E-state index in [0.29, 0.717) is 29.7 Å². The van der Waals surface area contributed by atoms with Gasteiger partial charge in [-0.05, 0) is 30.7 Å². The number of hydrogen-bond acceptors (Lipinski definition) is 4. The predicted octanol–water partition coefficient (Wildman–Crippen LogP) is 2.39. The molecule has 0 saturated heterocycles. The topological polar surface area (TPSA) is 50.7 Å². The molecule has 1 aromatic carbocycles. The third-order valence-electron chi connectivity index (χ3n) is 2.48. The molecule has 106 valence electrons. The molecule has 0 saturated carbocycles. The predicted molar refractivity (Wildman–Crippen MR) is 77.1 cm³/mol. The molecule has 2 N–H and O–H groups in total. The molecule has 0 aliphatic rings. The van der Waals surface area contributed by atoms with E-state index in [1.54, 1.807) is 13.2 Å². The summed E-state index contributed by atoms with van der Waals surface area (Å²) in [6.07, 6.45) is 2.38. The Kier molecular flexibility index (Phi) is 7.33. The van der Waals surface area contributed by atoms with Crippen LogP contribution in [0.25, 0.3) is 0 Å². The van der Waals surface area contributed by atoms with E-state index in [1.165, 1.54) is 0 Å². The van der Waals surface area contributed by atoms with Crippen LogP contribution in [0.3, 0.4) is 0 Å². The van der Waals surface area contributed by atoms with Crippen molar-refractivity contribution in [3.63, 3.8) is 0 Å². The largest absolute Gasteiger partial charge is 0.493 e. The summed E-state index contributed by atoms with van der Waals surface area (Å²) in [5.74, 6) is 1.14. The number of nitrogens with one attached hydrogen (secondary N) is 1. The Labute approximate surface area is 119 Å². The summed E-state index contributed by atoms with van der Waals surface area (Å²) in [7, 11) is 1.58. The zero-order chi connectivity index (χ0) is 14.1. The molecule has 0 spiro atoms. The maximum atomic E-state index is 8.70. The Balaban J connectivity index is 2.74. The van der Waals surface area contributed by atoms with Crippen LogP contribution < -0.4 is 14.8 Å². The third kappa shape index (κ3) is 5.11. The number of benzene rings is 1. The van der Waals surface area contributed by atoms with Crippen molar-refractivity contribution in [3.05, 3.63) is 35.4 Å². The molecule has 5 heteroatoms. The van der Waals surface area contributed by atoms with Gasteiger partial charge in [0.15, 0.2) is 11.5 Å². The highest BCUT2D eigenvalue weighted by atomic mass is 35.5.